The number of anilines is 2. The minimum absolute atomic E-state index is 0.267. The normalized spacial score (nSPS) is 13.3. The third-order valence-electron chi connectivity index (χ3n) is 6.31. The van der Waals surface area contributed by atoms with Crippen LogP contribution in [-0.4, -0.2) is 39.6 Å². The third kappa shape index (κ3) is 6.01. The number of carbonyl (C=O) groups is 1. The number of benzene rings is 2. The zero-order chi connectivity index (χ0) is 26.5. The molecule has 0 saturated carbocycles. The average Bonchev–Trinajstić information content (AvgIpc) is 3.44. The van der Waals surface area contributed by atoms with Crippen LogP contribution in [0, 0.1) is 11.2 Å². The van der Waals surface area contributed by atoms with Gasteiger partial charge in [0, 0.05) is 41.8 Å². The summed E-state index contributed by atoms with van der Waals surface area (Å²) in [6.07, 6.45) is 7.51. The van der Waals surface area contributed by atoms with E-state index in [0.717, 1.165) is 36.3 Å². The summed E-state index contributed by atoms with van der Waals surface area (Å²) in [6.45, 7) is 3.05. The van der Waals surface area contributed by atoms with Gasteiger partial charge in [0.1, 0.15) is 17.3 Å². The first-order valence-electron chi connectivity index (χ1n) is 12.3. The quantitative estimate of drug-likeness (QED) is 0.220. The lowest BCUT2D eigenvalue weighted by atomic mass is 9.99. The Balaban J connectivity index is 1.26. The van der Waals surface area contributed by atoms with Crippen LogP contribution in [0.1, 0.15) is 24.0 Å². The molecule has 4 aromatic rings. The van der Waals surface area contributed by atoms with Crippen molar-refractivity contribution in [1.29, 1.82) is 5.41 Å². The lowest BCUT2D eigenvalue weighted by molar-refractivity contribution is -0.110. The maximum Gasteiger partial charge on any atom is 0.274 e. The maximum atomic E-state index is 13.1. The molecule has 0 atom stereocenters. The van der Waals surface area contributed by atoms with Crippen molar-refractivity contribution in [2.45, 2.75) is 19.4 Å². The van der Waals surface area contributed by atoms with Crippen LogP contribution in [-0.2, 0) is 11.3 Å². The molecule has 2 aromatic carbocycles. The fourth-order valence-electron chi connectivity index (χ4n) is 4.34. The number of nitrogens with two attached hydrogens (primary N) is 1. The molecule has 38 heavy (non-hydrogen) atoms. The summed E-state index contributed by atoms with van der Waals surface area (Å²) in [5, 5.41) is 11.2. The van der Waals surface area contributed by atoms with Crippen molar-refractivity contribution in [2.24, 2.45) is 0 Å². The Morgan fingerprint density at radius 2 is 1.79 bits per heavy atom. The van der Waals surface area contributed by atoms with Crippen LogP contribution in [0.15, 0.2) is 79.3 Å². The molecule has 8 nitrogen and oxygen atoms in total. The Morgan fingerprint density at radius 3 is 2.53 bits per heavy atom. The minimum atomic E-state index is -0.622. The lowest BCUT2D eigenvalue weighted by Crippen LogP contribution is -2.24. The molecule has 4 N–H and O–H groups in total. The van der Waals surface area contributed by atoms with Gasteiger partial charge in [0.05, 0.1) is 11.9 Å². The van der Waals surface area contributed by atoms with E-state index in [9.17, 15) is 9.18 Å². The summed E-state index contributed by atoms with van der Waals surface area (Å²) in [4.78, 5) is 23.8. The molecule has 1 fully saturated rings. The first-order valence-corrected chi connectivity index (χ1v) is 12.3. The number of amides is 1. The fourth-order valence-corrected chi connectivity index (χ4v) is 4.34. The molecule has 0 bridgehead atoms. The number of pyridine rings is 2. The number of nitrogens with one attached hydrogen (secondary N) is 2. The second-order valence-corrected chi connectivity index (χ2v) is 9.14. The van der Waals surface area contributed by atoms with Crippen LogP contribution in [0.2, 0.25) is 0 Å². The number of hydrogen-bond donors (Lipinski definition) is 3. The Labute approximate surface area is 219 Å². The number of nitrogens with zero attached hydrogens (tertiary/aromatic N) is 3. The van der Waals surface area contributed by atoms with Crippen molar-refractivity contribution >= 4 is 23.0 Å². The summed E-state index contributed by atoms with van der Waals surface area (Å²) in [5.41, 5.74) is 9.77. The predicted octanol–water partition coefficient (Wildman–Crippen LogP) is 5.26. The van der Waals surface area contributed by atoms with E-state index in [2.05, 4.69) is 26.3 Å². The van der Waals surface area contributed by atoms with E-state index in [1.54, 1.807) is 30.5 Å². The summed E-state index contributed by atoms with van der Waals surface area (Å²) >= 11 is 0. The van der Waals surface area contributed by atoms with Gasteiger partial charge in [-0.2, -0.15) is 0 Å². The molecule has 1 saturated heterocycles. The summed E-state index contributed by atoms with van der Waals surface area (Å²) in [5.74, 6) is -0.268. The zero-order valence-electron chi connectivity index (χ0n) is 20.7. The number of rotatable bonds is 8. The van der Waals surface area contributed by atoms with Gasteiger partial charge in [0.25, 0.3) is 5.91 Å². The van der Waals surface area contributed by atoms with Crippen molar-refractivity contribution in [3.63, 3.8) is 0 Å². The highest BCUT2D eigenvalue weighted by molar-refractivity contribution is 6.48. The molecular formula is C29H27FN6O2. The van der Waals surface area contributed by atoms with Crippen LogP contribution in [0.5, 0.6) is 11.6 Å². The van der Waals surface area contributed by atoms with E-state index in [0.29, 0.717) is 22.7 Å². The summed E-state index contributed by atoms with van der Waals surface area (Å²) < 4.78 is 18.6. The molecule has 3 heterocycles. The standard InChI is InChI=1S/C29H27FN6O2/c30-22-4-7-24(8-5-22)38-27-10-6-23(17-34-27)35-29(37)28(32)25-14-20(3-9-26(25)31)21-13-19(15-33-16-21)18-36-11-1-2-12-36/h3-10,13-17,32H,1-2,11-12,18,31H2,(H,35,37). The fraction of sp³-hybridized carbons (Fsp3) is 0.172. The first-order chi connectivity index (χ1) is 18.4. The van der Waals surface area contributed by atoms with Gasteiger partial charge < -0.3 is 15.8 Å². The Morgan fingerprint density at radius 1 is 1.00 bits per heavy atom. The number of ether oxygens (including phenoxy) is 1. The molecule has 2 aromatic heterocycles. The number of carbonyl (C=O) groups excluding carboxylic acids is 1. The van der Waals surface area contributed by atoms with Crippen LogP contribution in [0.25, 0.3) is 11.1 Å². The molecule has 1 amide bonds. The second-order valence-electron chi connectivity index (χ2n) is 9.14. The lowest BCUT2D eigenvalue weighted by Gasteiger charge is -2.15. The largest absolute Gasteiger partial charge is 0.439 e. The number of hydrogen-bond acceptors (Lipinski definition) is 7. The maximum absolute atomic E-state index is 13.1. The smallest absolute Gasteiger partial charge is 0.274 e. The predicted molar refractivity (Wildman–Crippen MR) is 145 cm³/mol. The van der Waals surface area contributed by atoms with Crippen molar-refractivity contribution in [3.8, 4) is 22.8 Å². The van der Waals surface area contributed by atoms with Gasteiger partial charge in [-0.25, -0.2) is 9.37 Å². The Bertz CT molecular complexity index is 1450. The van der Waals surface area contributed by atoms with Crippen LogP contribution >= 0.6 is 0 Å². The molecule has 192 valence electrons. The summed E-state index contributed by atoms with van der Waals surface area (Å²) in [7, 11) is 0. The minimum Gasteiger partial charge on any atom is -0.439 e. The SMILES string of the molecule is N=C(C(=O)Nc1ccc(Oc2ccc(F)cc2)nc1)c1cc(-c2cncc(CN3CCCC3)c2)ccc1N. The molecule has 0 spiro atoms. The van der Waals surface area contributed by atoms with Crippen LogP contribution in [0.4, 0.5) is 15.8 Å². The van der Waals surface area contributed by atoms with Gasteiger partial charge in [0.15, 0.2) is 0 Å². The number of aromatic nitrogens is 2. The van der Waals surface area contributed by atoms with Gasteiger partial charge in [-0.3, -0.25) is 20.1 Å². The van der Waals surface area contributed by atoms with Gasteiger partial charge in [-0.15, -0.1) is 0 Å². The molecule has 1 aliphatic rings. The topological polar surface area (TPSA) is 117 Å². The van der Waals surface area contributed by atoms with E-state index in [1.807, 2.05) is 12.3 Å². The molecular weight excluding hydrogens is 483 g/mol. The van der Waals surface area contributed by atoms with E-state index in [4.69, 9.17) is 15.9 Å². The van der Waals surface area contributed by atoms with Crippen molar-refractivity contribution in [3.05, 3.63) is 96.2 Å². The number of likely N-dealkylation sites (tertiary alicyclic amines) is 1. The van der Waals surface area contributed by atoms with E-state index in [1.165, 1.54) is 43.3 Å². The first kappa shape index (κ1) is 25.0. The molecule has 0 radical (unpaired) electrons. The third-order valence-corrected chi connectivity index (χ3v) is 6.31. The van der Waals surface area contributed by atoms with Gasteiger partial charge in [-0.05, 0) is 85.6 Å². The van der Waals surface area contributed by atoms with Crippen LogP contribution in [0.3, 0.4) is 0 Å². The highest BCUT2D eigenvalue weighted by atomic mass is 19.1. The number of nitrogen functional groups attached to an aromatic ring is 1. The molecule has 1 aliphatic heterocycles. The molecule has 0 aliphatic carbocycles. The van der Waals surface area contributed by atoms with Gasteiger partial charge in [0.2, 0.25) is 5.88 Å². The molecule has 5 rings (SSSR count). The van der Waals surface area contributed by atoms with E-state index >= 15 is 0 Å². The highest BCUT2D eigenvalue weighted by Gasteiger charge is 2.17. The monoisotopic (exact) mass is 510 g/mol. The summed E-state index contributed by atoms with van der Waals surface area (Å²) in [6, 6.07) is 16.1. The van der Waals surface area contributed by atoms with Crippen molar-refractivity contribution < 1.29 is 13.9 Å². The molecule has 0 unspecified atom stereocenters. The average molecular weight is 511 g/mol. The molecule has 9 heteroatoms. The van der Waals surface area contributed by atoms with E-state index < -0.39 is 5.91 Å². The highest BCUT2D eigenvalue weighted by Crippen LogP contribution is 2.26. The van der Waals surface area contributed by atoms with Gasteiger partial charge >= 0.3 is 0 Å². The van der Waals surface area contributed by atoms with E-state index in [-0.39, 0.29) is 17.4 Å². The zero-order valence-corrected chi connectivity index (χ0v) is 20.7. The second kappa shape index (κ2) is 11.2. The Kier molecular flexibility index (Phi) is 7.37. The van der Waals surface area contributed by atoms with Crippen molar-refractivity contribution in [1.82, 2.24) is 14.9 Å². The van der Waals surface area contributed by atoms with Crippen LogP contribution < -0.4 is 15.8 Å². The van der Waals surface area contributed by atoms with Crippen molar-refractivity contribution in [2.75, 3.05) is 24.1 Å². The van der Waals surface area contributed by atoms with Gasteiger partial charge in [-0.1, -0.05) is 6.07 Å². The number of halogens is 1. The Hall–Kier alpha value is -4.63.